The minimum Gasteiger partial charge on any atom is -0.497 e. The average Bonchev–Trinajstić information content (AvgIpc) is 2.84. The Balaban J connectivity index is 1.94. The SMILES string of the molecule is CCCNC1CSCC1Cc1cccc(OC)c1. The monoisotopic (exact) mass is 265 g/mol. The summed E-state index contributed by atoms with van der Waals surface area (Å²) in [6.07, 6.45) is 2.37. The van der Waals surface area contributed by atoms with Gasteiger partial charge in [0.15, 0.2) is 0 Å². The first-order valence-electron chi connectivity index (χ1n) is 6.77. The maximum atomic E-state index is 5.29. The number of ether oxygens (including phenoxy) is 1. The number of thioether (sulfide) groups is 1. The van der Waals surface area contributed by atoms with Crippen molar-refractivity contribution in [2.24, 2.45) is 5.92 Å². The molecule has 1 saturated heterocycles. The van der Waals surface area contributed by atoms with Crippen LogP contribution in [-0.2, 0) is 6.42 Å². The molecule has 2 atom stereocenters. The van der Waals surface area contributed by atoms with Gasteiger partial charge in [0.1, 0.15) is 5.75 Å². The standard InChI is InChI=1S/C15H23NOS/c1-3-7-16-15-11-18-10-13(15)8-12-5-4-6-14(9-12)17-2/h4-6,9,13,15-16H,3,7-8,10-11H2,1-2H3. The van der Waals surface area contributed by atoms with Gasteiger partial charge < -0.3 is 10.1 Å². The topological polar surface area (TPSA) is 21.3 Å². The van der Waals surface area contributed by atoms with Gasteiger partial charge in [0.25, 0.3) is 0 Å². The van der Waals surface area contributed by atoms with Crippen molar-refractivity contribution in [2.75, 3.05) is 25.2 Å². The maximum Gasteiger partial charge on any atom is 0.119 e. The molecular formula is C15H23NOS. The molecule has 0 amide bonds. The van der Waals surface area contributed by atoms with Crippen molar-refractivity contribution in [3.8, 4) is 5.75 Å². The van der Waals surface area contributed by atoms with E-state index >= 15 is 0 Å². The Morgan fingerprint density at radius 1 is 1.39 bits per heavy atom. The van der Waals surface area contributed by atoms with Crippen LogP contribution in [0.15, 0.2) is 24.3 Å². The number of methoxy groups -OCH3 is 1. The van der Waals surface area contributed by atoms with Crippen LogP contribution in [0.5, 0.6) is 5.75 Å². The fourth-order valence-corrected chi connectivity index (χ4v) is 3.89. The van der Waals surface area contributed by atoms with Gasteiger partial charge in [-0.05, 0) is 48.8 Å². The number of benzene rings is 1. The van der Waals surface area contributed by atoms with Crippen LogP contribution in [0.4, 0.5) is 0 Å². The molecule has 0 bridgehead atoms. The van der Waals surface area contributed by atoms with E-state index < -0.39 is 0 Å². The second-order valence-electron chi connectivity index (χ2n) is 4.91. The van der Waals surface area contributed by atoms with Crippen molar-refractivity contribution in [2.45, 2.75) is 25.8 Å². The van der Waals surface area contributed by atoms with Crippen LogP contribution in [0.1, 0.15) is 18.9 Å². The van der Waals surface area contributed by atoms with E-state index in [2.05, 4.69) is 42.2 Å². The van der Waals surface area contributed by atoms with E-state index in [4.69, 9.17) is 4.74 Å². The van der Waals surface area contributed by atoms with E-state index in [1.807, 2.05) is 6.07 Å². The summed E-state index contributed by atoms with van der Waals surface area (Å²) >= 11 is 2.08. The summed E-state index contributed by atoms with van der Waals surface area (Å²) in [4.78, 5) is 0. The lowest BCUT2D eigenvalue weighted by atomic mass is 9.95. The molecule has 0 radical (unpaired) electrons. The van der Waals surface area contributed by atoms with E-state index in [-0.39, 0.29) is 0 Å². The van der Waals surface area contributed by atoms with Crippen LogP contribution in [0.3, 0.4) is 0 Å². The second-order valence-corrected chi connectivity index (χ2v) is 5.99. The Hall–Kier alpha value is -0.670. The van der Waals surface area contributed by atoms with Crippen LogP contribution in [0.25, 0.3) is 0 Å². The zero-order valence-corrected chi connectivity index (χ0v) is 12.1. The highest BCUT2D eigenvalue weighted by molar-refractivity contribution is 7.99. The third-order valence-corrected chi connectivity index (χ3v) is 4.75. The smallest absolute Gasteiger partial charge is 0.119 e. The van der Waals surface area contributed by atoms with Crippen LogP contribution < -0.4 is 10.1 Å². The second kappa shape index (κ2) is 7.05. The molecule has 2 unspecified atom stereocenters. The van der Waals surface area contributed by atoms with Crippen molar-refractivity contribution in [1.29, 1.82) is 0 Å². The molecule has 18 heavy (non-hydrogen) atoms. The number of hydrogen-bond donors (Lipinski definition) is 1. The predicted octanol–water partition coefficient (Wildman–Crippen LogP) is 2.97. The van der Waals surface area contributed by atoms with Gasteiger partial charge in [0.05, 0.1) is 7.11 Å². The van der Waals surface area contributed by atoms with Gasteiger partial charge in [-0.1, -0.05) is 19.1 Å². The fraction of sp³-hybridized carbons (Fsp3) is 0.600. The number of hydrogen-bond acceptors (Lipinski definition) is 3. The third-order valence-electron chi connectivity index (χ3n) is 3.49. The zero-order valence-electron chi connectivity index (χ0n) is 11.3. The fourth-order valence-electron chi connectivity index (χ4n) is 2.46. The van der Waals surface area contributed by atoms with E-state index in [0.717, 1.165) is 24.6 Å². The summed E-state index contributed by atoms with van der Waals surface area (Å²) in [5.74, 6) is 4.26. The van der Waals surface area contributed by atoms with Crippen molar-refractivity contribution in [3.63, 3.8) is 0 Å². The highest BCUT2D eigenvalue weighted by atomic mass is 32.2. The molecule has 100 valence electrons. The molecule has 1 fully saturated rings. The van der Waals surface area contributed by atoms with E-state index in [0.29, 0.717) is 6.04 Å². The molecule has 2 rings (SSSR count). The number of nitrogens with one attached hydrogen (secondary N) is 1. The molecule has 1 aromatic rings. The van der Waals surface area contributed by atoms with E-state index in [9.17, 15) is 0 Å². The first kappa shape index (κ1) is 13.8. The summed E-state index contributed by atoms with van der Waals surface area (Å²) in [5, 5.41) is 3.68. The molecule has 1 N–H and O–H groups in total. The molecule has 3 heteroatoms. The van der Waals surface area contributed by atoms with Gasteiger partial charge in [-0.3, -0.25) is 0 Å². The minimum absolute atomic E-state index is 0.682. The highest BCUT2D eigenvalue weighted by Crippen LogP contribution is 2.28. The summed E-state index contributed by atoms with van der Waals surface area (Å²) in [5.41, 5.74) is 1.39. The van der Waals surface area contributed by atoms with Gasteiger partial charge in [-0.2, -0.15) is 11.8 Å². The Bertz CT molecular complexity index is 369. The Kier molecular flexibility index (Phi) is 5.39. The lowest BCUT2D eigenvalue weighted by Crippen LogP contribution is -2.36. The lowest BCUT2D eigenvalue weighted by Gasteiger charge is -2.20. The van der Waals surface area contributed by atoms with Crippen molar-refractivity contribution in [3.05, 3.63) is 29.8 Å². The Morgan fingerprint density at radius 2 is 2.28 bits per heavy atom. The quantitative estimate of drug-likeness (QED) is 0.854. The summed E-state index contributed by atoms with van der Waals surface area (Å²) in [6, 6.07) is 9.16. The Labute approximate surface area is 114 Å². The average molecular weight is 265 g/mol. The van der Waals surface area contributed by atoms with Gasteiger partial charge in [-0.15, -0.1) is 0 Å². The van der Waals surface area contributed by atoms with E-state index in [1.165, 1.54) is 23.5 Å². The van der Waals surface area contributed by atoms with Gasteiger partial charge in [-0.25, -0.2) is 0 Å². The molecule has 1 aliphatic rings. The Morgan fingerprint density at radius 3 is 3.06 bits per heavy atom. The molecule has 0 spiro atoms. The molecule has 0 saturated carbocycles. The van der Waals surface area contributed by atoms with Crippen molar-refractivity contribution >= 4 is 11.8 Å². The van der Waals surface area contributed by atoms with Crippen molar-refractivity contribution in [1.82, 2.24) is 5.32 Å². The van der Waals surface area contributed by atoms with Crippen LogP contribution in [-0.4, -0.2) is 31.2 Å². The molecule has 0 aromatic heterocycles. The third kappa shape index (κ3) is 3.66. The van der Waals surface area contributed by atoms with Crippen LogP contribution in [0, 0.1) is 5.92 Å². The van der Waals surface area contributed by atoms with Gasteiger partial charge in [0.2, 0.25) is 0 Å². The van der Waals surface area contributed by atoms with Crippen LogP contribution in [0.2, 0.25) is 0 Å². The maximum absolute atomic E-state index is 5.29. The van der Waals surface area contributed by atoms with Gasteiger partial charge >= 0.3 is 0 Å². The molecule has 1 aliphatic heterocycles. The summed E-state index contributed by atoms with van der Waals surface area (Å²) < 4.78 is 5.29. The molecular weight excluding hydrogens is 242 g/mol. The first-order chi connectivity index (χ1) is 8.83. The van der Waals surface area contributed by atoms with E-state index in [1.54, 1.807) is 7.11 Å². The minimum atomic E-state index is 0.682. The summed E-state index contributed by atoms with van der Waals surface area (Å²) in [6.45, 7) is 3.37. The molecule has 2 nitrogen and oxygen atoms in total. The molecule has 1 heterocycles. The first-order valence-corrected chi connectivity index (χ1v) is 7.93. The lowest BCUT2D eigenvalue weighted by molar-refractivity contribution is 0.410. The zero-order chi connectivity index (χ0) is 12.8. The molecule has 0 aliphatic carbocycles. The normalized spacial score (nSPS) is 23.2. The molecule has 1 aromatic carbocycles. The largest absolute Gasteiger partial charge is 0.497 e. The van der Waals surface area contributed by atoms with Crippen molar-refractivity contribution < 1.29 is 4.74 Å². The number of rotatable bonds is 6. The van der Waals surface area contributed by atoms with Crippen LogP contribution >= 0.6 is 11.8 Å². The van der Waals surface area contributed by atoms with Gasteiger partial charge in [0, 0.05) is 11.8 Å². The predicted molar refractivity (Wildman–Crippen MR) is 79.6 cm³/mol. The summed E-state index contributed by atoms with van der Waals surface area (Å²) in [7, 11) is 1.73. The highest BCUT2D eigenvalue weighted by Gasteiger charge is 2.27.